The van der Waals surface area contributed by atoms with E-state index in [0.29, 0.717) is 18.9 Å². The van der Waals surface area contributed by atoms with Gasteiger partial charge in [0.2, 0.25) is 6.79 Å². The number of rotatable bonds is 7. The van der Waals surface area contributed by atoms with Crippen molar-refractivity contribution in [2.75, 3.05) is 27.1 Å². The summed E-state index contributed by atoms with van der Waals surface area (Å²) in [4.78, 5) is 0. The van der Waals surface area contributed by atoms with Crippen molar-refractivity contribution in [2.45, 2.75) is 56.7 Å². The molecule has 0 aromatic heterocycles. The van der Waals surface area contributed by atoms with Gasteiger partial charge in [-0.05, 0) is 50.7 Å². The summed E-state index contributed by atoms with van der Waals surface area (Å²) in [6.45, 7) is 1.25. The van der Waals surface area contributed by atoms with Gasteiger partial charge in [0, 0.05) is 31.8 Å². The van der Waals surface area contributed by atoms with Crippen LogP contribution in [0.25, 0.3) is 0 Å². The standard InChI is InChI=1S/C19H28N2O6S/c1-24-12-15-3-2-10-21(15)28(22,23)20-14-4-6-16(7-5-14)27-17-8-9-18-19(11-17)26-13-25-18/h8-9,11,14-16,20H,2-7,10,12-13H2,1H3. The molecule has 8 nitrogen and oxygen atoms in total. The Labute approximate surface area is 166 Å². The molecule has 28 heavy (non-hydrogen) atoms. The SMILES string of the molecule is COCC1CCCN1S(=O)(=O)NC1CCC(Oc2ccc3c(c2)OCO3)CC1. The second-order valence-corrected chi connectivity index (χ2v) is 9.25. The van der Waals surface area contributed by atoms with Crippen LogP contribution in [-0.4, -0.2) is 58.0 Å². The van der Waals surface area contributed by atoms with Gasteiger partial charge in [-0.1, -0.05) is 0 Å². The number of hydrogen-bond acceptors (Lipinski definition) is 6. The predicted molar refractivity (Wildman–Crippen MR) is 103 cm³/mol. The lowest BCUT2D eigenvalue weighted by Gasteiger charge is -2.31. The number of benzene rings is 1. The summed E-state index contributed by atoms with van der Waals surface area (Å²) >= 11 is 0. The van der Waals surface area contributed by atoms with E-state index in [9.17, 15) is 8.42 Å². The third-order valence-corrected chi connectivity index (χ3v) is 7.36. The van der Waals surface area contributed by atoms with Gasteiger partial charge in [-0.2, -0.15) is 17.4 Å². The average Bonchev–Trinajstić information content (AvgIpc) is 3.32. The van der Waals surface area contributed by atoms with Crippen molar-refractivity contribution in [3.05, 3.63) is 18.2 Å². The van der Waals surface area contributed by atoms with Crippen molar-refractivity contribution in [1.29, 1.82) is 0 Å². The number of fused-ring (bicyclic) bond motifs is 1. The van der Waals surface area contributed by atoms with Crippen LogP contribution >= 0.6 is 0 Å². The topological polar surface area (TPSA) is 86.3 Å². The second kappa shape index (κ2) is 8.44. The second-order valence-electron chi connectivity index (χ2n) is 7.59. The summed E-state index contributed by atoms with van der Waals surface area (Å²) in [6, 6.07) is 5.47. The van der Waals surface area contributed by atoms with E-state index in [1.54, 1.807) is 11.4 Å². The van der Waals surface area contributed by atoms with Gasteiger partial charge in [0.1, 0.15) is 5.75 Å². The molecule has 1 atom stereocenters. The Balaban J connectivity index is 1.28. The van der Waals surface area contributed by atoms with E-state index in [4.69, 9.17) is 18.9 Å². The number of methoxy groups -OCH3 is 1. The van der Waals surface area contributed by atoms with Crippen LogP contribution in [0, 0.1) is 0 Å². The zero-order chi connectivity index (χ0) is 19.6. The Morgan fingerprint density at radius 3 is 2.71 bits per heavy atom. The minimum atomic E-state index is -3.48. The molecule has 2 heterocycles. The quantitative estimate of drug-likeness (QED) is 0.738. The summed E-state index contributed by atoms with van der Waals surface area (Å²) in [7, 11) is -1.87. The molecular formula is C19H28N2O6S. The fourth-order valence-corrected chi connectivity index (χ4v) is 5.92. The molecule has 156 valence electrons. The molecule has 0 bridgehead atoms. The number of hydrogen-bond donors (Lipinski definition) is 1. The van der Waals surface area contributed by atoms with Gasteiger partial charge in [0.15, 0.2) is 11.5 Å². The molecule has 0 spiro atoms. The summed E-state index contributed by atoms with van der Waals surface area (Å²) in [5.74, 6) is 2.20. The van der Waals surface area contributed by atoms with Gasteiger partial charge >= 0.3 is 0 Å². The molecule has 3 aliphatic rings. The Morgan fingerprint density at radius 2 is 1.93 bits per heavy atom. The van der Waals surface area contributed by atoms with E-state index < -0.39 is 10.2 Å². The van der Waals surface area contributed by atoms with E-state index in [-0.39, 0.29) is 25.0 Å². The third-order valence-electron chi connectivity index (χ3n) is 5.63. The fourth-order valence-electron chi connectivity index (χ4n) is 4.20. The first-order valence-electron chi connectivity index (χ1n) is 9.89. The van der Waals surface area contributed by atoms with Crippen LogP contribution in [0.15, 0.2) is 18.2 Å². The van der Waals surface area contributed by atoms with Crippen molar-refractivity contribution in [3.8, 4) is 17.2 Å². The smallest absolute Gasteiger partial charge is 0.280 e. The molecule has 1 aliphatic carbocycles. The zero-order valence-electron chi connectivity index (χ0n) is 16.1. The zero-order valence-corrected chi connectivity index (χ0v) is 16.9. The van der Waals surface area contributed by atoms with Crippen LogP contribution < -0.4 is 18.9 Å². The van der Waals surface area contributed by atoms with Gasteiger partial charge in [0.05, 0.1) is 12.7 Å². The van der Waals surface area contributed by atoms with Crippen molar-refractivity contribution >= 4 is 10.2 Å². The number of ether oxygens (including phenoxy) is 4. The number of nitrogens with one attached hydrogen (secondary N) is 1. The van der Waals surface area contributed by atoms with Gasteiger partial charge < -0.3 is 18.9 Å². The summed E-state index contributed by atoms with van der Waals surface area (Å²) in [5, 5.41) is 0. The molecule has 0 amide bonds. The van der Waals surface area contributed by atoms with E-state index >= 15 is 0 Å². The highest BCUT2D eigenvalue weighted by Crippen LogP contribution is 2.36. The number of nitrogens with zero attached hydrogens (tertiary/aromatic N) is 1. The molecule has 2 fully saturated rings. The Kier molecular flexibility index (Phi) is 5.96. The summed E-state index contributed by atoms with van der Waals surface area (Å²) in [5.41, 5.74) is 0. The molecule has 1 saturated carbocycles. The molecule has 1 unspecified atom stereocenters. The van der Waals surface area contributed by atoms with Gasteiger partial charge in [-0.25, -0.2) is 0 Å². The Morgan fingerprint density at radius 1 is 1.14 bits per heavy atom. The molecule has 1 aromatic carbocycles. The first-order valence-corrected chi connectivity index (χ1v) is 11.3. The lowest BCUT2D eigenvalue weighted by molar-refractivity contribution is 0.140. The molecule has 1 N–H and O–H groups in total. The molecular weight excluding hydrogens is 384 g/mol. The van der Waals surface area contributed by atoms with Crippen LogP contribution in [-0.2, 0) is 14.9 Å². The minimum absolute atomic E-state index is 0.0506. The van der Waals surface area contributed by atoms with Crippen molar-refractivity contribution in [1.82, 2.24) is 9.03 Å². The summed E-state index contributed by atoms with van der Waals surface area (Å²) < 4.78 is 51.9. The van der Waals surface area contributed by atoms with Crippen LogP contribution in [0.5, 0.6) is 17.2 Å². The maximum Gasteiger partial charge on any atom is 0.280 e. The van der Waals surface area contributed by atoms with Gasteiger partial charge in [-0.15, -0.1) is 0 Å². The van der Waals surface area contributed by atoms with Crippen LogP contribution in [0.1, 0.15) is 38.5 Å². The average molecular weight is 413 g/mol. The highest BCUT2D eigenvalue weighted by molar-refractivity contribution is 7.87. The maximum absolute atomic E-state index is 12.8. The fraction of sp³-hybridized carbons (Fsp3) is 0.684. The molecule has 1 saturated heterocycles. The molecule has 2 aliphatic heterocycles. The van der Waals surface area contributed by atoms with Crippen molar-refractivity contribution in [3.63, 3.8) is 0 Å². The van der Waals surface area contributed by atoms with Gasteiger partial charge in [0.25, 0.3) is 10.2 Å². The molecule has 1 aromatic rings. The Bertz CT molecular complexity index is 779. The lowest BCUT2D eigenvalue weighted by atomic mass is 9.94. The van der Waals surface area contributed by atoms with E-state index in [1.807, 2.05) is 18.2 Å². The van der Waals surface area contributed by atoms with E-state index in [1.165, 1.54) is 0 Å². The third kappa shape index (κ3) is 4.37. The monoisotopic (exact) mass is 412 g/mol. The first-order chi connectivity index (χ1) is 13.5. The highest BCUT2D eigenvalue weighted by atomic mass is 32.2. The van der Waals surface area contributed by atoms with Crippen molar-refractivity contribution in [2.24, 2.45) is 0 Å². The molecule has 0 radical (unpaired) electrons. The Hall–Kier alpha value is -1.55. The normalized spacial score (nSPS) is 27.8. The highest BCUT2D eigenvalue weighted by Gasteiger charge is 2.36. The first kappa shape index (κ1) is 19.8. The van der Waals surface area contributed by atoms with Crippen LogP contribution in [0.4, 0.5) is 0 Å². The minimum Gasteiger partial charge on any atom is -0.490 e. The molecule has 9 heteroatoms. The van der Waals surface area contributed by atoms with Crippen LogP contribution in [0.2, 0.25) is 0 Å². The van der Waals surface area contributed by atoms with Gasteiger partial charge in [-0.3, -0.25) is 0 Å². The van der Waals surface area contributed by atoms with Crippen LogP contribution in [0.3, 0.4) is 0 Å². The predicted octanol–water partition coefficient (Wildman–Crippen LogP) is 2.05. The van der Waals surface area contributed by atoms with Crippen molar-refractivity contribution < 1.29 is 27.4 Å². The summed E-state index contributed by atoms with van der Waals surface area (Å²) in [6.07, 6.45) is 4.95. The maximum atomic E-state index is 12.8. The molecule has 4 rings (SSSR count). The largest absolute Gasteiger partial charge is 0.490 e. The van der Waals surface area contributed by atoms with E-state index in [0.717, 1.165) is 50.0 Å². The van der Waals surface area contributed by atoms with E-state index in [2.05, 4.69) is 4.72 Å². The lowest BCUT2D eigenvalue weighted by Crippen LogP contribution is -2.49.